The van der Waals surface area contributed by atoms with Gasteiger partial charge in [0.1, 0.15) is 9.79 Å². The van der Waals surface area contributed by atoms with E-state index in [1.54, 1.807) is 0 Å². The Labute approximate surface area is 168 Å². The van der Waals surface area contributed by atoms with Crippen molar-refractivity contribution in [2.75, 3.05) is 0 Å². The minimum Gasteiger partial charge on any atom is -0.289 e. The maximum absolute atomic E-state index is 12.8. The molecular formula is C14H7ClO11S3. The highest BCUT2D eigenvalue weighted by Crippen LogP contribution is 2.36. The molecule has 3 N–H and O–H groups in total. The quantitative estimate of drug-likeness (QED) is 0.447. The van der Waals surface area contributed by atoms with Gasteiger partial charge in [-0.15, -0.1) is 0 Å². The Morgan fingerprint density at radius 2 is 1.14 bits per heavy atom. The van der Waals surface area contributed by atoms with Gasteiger partial charge in [0.05, 0.1) is 15.5 Å². The van der Waals surface area contributed by atoms with E-state index in [-0.39, 0.29) is 6.07 Å². The van der Waals surface area contributed by atoms with Crippen molar-refractivity contribution in [2.45, 2.75) is 14.7 Å². The van der Waals surface area contributed by atoms with Gasteiger partial charge in [0.15, 0.2) is 11.6 Å². The average Bonchev–Trinajstić information content (AvgIpc) is 2.55. The number of rotatable bonds is 3. The summed E-state index contributed by atoms with van der Waals surface area (Å²) < 4.78 is 96.8. The summed E-state index contributed by atoms with van der Waals surface area (Å²) in [6, 6.07) is 2.05. The van der Waals surface area contributed by atoms with Crippen LogP contribution in [0.1, 0.15) is 31.8 Å². The second-order valence-corrected chi connectivity index (χ2v) is 10.4. The van der Waals surface area contributed by atoms with Crippen LogP contribution in [0.15, 0.2) is 39.0 Å². The molecule has 0 saturated carbocycles. The van der Waals surface area contributed by atoms with Gasteiger partial charge in [0.25, 0.3) is 30.4 Å². The highest BCUT2D eigenvalue weighted by molar-refractivity contribution is 7.86. The van der Waals surface area contributed by atoms with Gasteiger partial charge in [0, 0.05) is 16.7 Å². The minimum atomic E-state index is -5.27. The van der Waals surface area contributed by atoms with Crippen LogP contribution in [-0.4, -0.2) is 50.5 Å². The molecular weight excluding hydrogens is 476 g/mol. The van der Waals surface area contributed by atoms with Gasteiger partial charge in [-0.2, -0.15) is 25.3 Å². The summed E-state index contributed by atoms with van der Waals surface area (Å²) in [5.41, 5.74) is -2.92. The first-order chi connectivity index (χ1) is 13.0. The van der Waals surface area contributed by atoms with Crippen LogP contribution in [0.2, 0.25) is 5.02 Å². The van der Waals surface area contributed by atoms with Crippen molar-refractivity contribution < 1.29 is 48.5 Å². The number of ketones is 2. The van der Waals surface area contributed by atoms with Crippen molar-refractivity contribution in [2.24, 2.45) is 0 Å². The third-order valence-corrected chi connectivity index (χ3v) is 6.99. The van der Waals surface area contributed by atoms with Gasteiger partial charge in [-0.25, -0.2) is 0 Å². The molecule has 0 aliphatic heterocycles. The lowest BCUT2D eigenvalue weighted by molar-refractivity contribution is 0.0976. The second-order valence-electron chi connectivity index (χ2n) is 5.76. The maximum atomic E-state index is 12.8. The molecule has 15 heteroatoms. The Morgan fingerprint density at radius 3 is 1.62 bits per heavy atom. The Morgan fingerprint density at radius 1 is 0.621 bits per heavy atom. The lowest BCUT2D eigenvalue weighted by Gasteiger charge is -2.21. The zero-order valence-electron chi connectivity index (χ0n) is 13.5. The van der Waals surface area contributed by atoms with Crippen molar-refractivity contribution in [1.82, 2.24) is 0 Å². The Kier molecular flexibility index (Phi) is 4.75. The zero-order chi connectivity index (χ0) is 22.1. The fourth-order valence-electron chi connectivity index (χ4n) is 2.76. The topological polar surface area (TPSA) is 197 Å². The third kappa shape index (κ3) is 3.59. The summed E-state index contributed by atoms with van der Waals surface area (Å²) in [7, 11) is -15.2. The Bertz CT molecular complexity index is 1450. The minimum absolute atomic E-state index is 0.263. The van der Waals surface area contributed by atoms with Crippen molar-refractivity contribution >= 4 is 53.5 Å². The Balaban J connectivity index is 2.48. The molecule has 0 atom stereocenters. The average molecular weight is 483 g/mol. The summed E-state index contributed by atoms with van der Waals surface area (Å²) in [5, 5.41) is -0.642. The first-order valence-corrected chi connectivity index (χ1v) is 11.8. The standard InChI is InChI=1S/C14H7ClO11S3/c15-9-3-6-7(4-10(9)28(21,22)23)14(17)12-8(13(6)16)1-5(27(18,19)20)2-11(12)29(24,25)26/h1-4H,(H,18,19,20)(H,21,22,23)(H,24,25,26). The summed E-state index contributed by atoms with van der Waals surface area (Å²) in [6.45, 7) is 0. The highest BCUT2D eigenvalue weighted by Gasteiger charge is 2.38. The summed E-state index contributed by atoms with van der Waals surface area (Å²) in [5.74, 6) is -2.42. The first-order valence-electron chi connectivity index (χ1n) is 7.07. The van der Waals surface area contributed by atoms with Gasteiger partial charge >= 0.3 is 0 Å². The summed E-state index contributed by atoms with van der Waals surface area (Å²) in [6.07, 6.45) is 0. The molecule has 0 radical (unpaired) electrons. The molecule has 1 aliphatic carbocycles. The second kappa shape index (κ2) is 6.40. The lowest BCUT2D eigenvalue weighted by Crippen LogP contribution is -2.25. The predicted octanol–water partition coefficient (Wildman–Crippen LogP) is 0.856. The van der Waals surface area contributed by atoms with Crippen molar-refractivity contribution in [3.8, 4) is 0 Å². The van der Waals surface area contributed by atoms with Crippen LogP contribution in [0.25, 0.3) is 0 Å². The van der Waals surface area contributed by atoms with Crippen LogP contribution in [0, 0.1) is 0 Å². The summed E-state index contributed by atoms with van der Waals surface area (Å²) in [4.78, 5) is 22.2. The maximum Gasteiger partial charge on any atom is 0.296 e. The molecule has 0 spiro atoms. The molecule has 0 unspecified atom stereocenters. The molecule has 0 bridgehead atoms. The molecule has 0 aromatic heterocycles. The van der Waals surface area contributed by atoms with Gasteiger partial charge < -0.3 is 0 Å². The Hall–Kier alpha value is -2.20. The van der Waals surface area contributed by atoms with Gasteiger partial charge in [0.2, 0.25) is 0 Å². The third-order valence-electron chi connectivity index (χ3n) is 3.96. The van der Waals surface area contributed by atoms with Crippen molar-refractivity contribution in [3.63, 3.8) is 0 Å². The van der Waals surface area contributed by atoms with E-state index in [9.17, 15) is 48.5 Å². The fraction of sp³-hybridized carbons (Fsp3) is 0. The molecule has 1 aliphatic rings. The van der Waals surface area contributed by atoms with E-state index in [2.05, 4.69) is 0 Å². The number of carbonyl (C=O) groups is 2. The van der Waals surface area contributed by atoms with Gasteiger partial charge in [-0.3, -0.25) is 23.2 Å². The SMILES string of the molecule is O=C1c2cc(Cl)c(S(=O)(=O)O)cc2C(=O)c2c1cc(S(=O)(=O)O)cc2S(=O)(=O)O. The number of hydrogen-bond donors (Lipinski definition) is 3. The molecule has 29 heavy (non-hydrogen) atoms. The predicted molar refractivity (Wildman–Crippen MR) is 94.2 cm³/mol. The summed E-state index contributed by atoms with van der Waals surface area (Å²) >= 11 is 5.72. The van der Waals surface area contributed by atoms with Gasteiger partial charge in [-0.05, 0) is 24.3 Å². The van der Waals surface area contributed by atoms with Crippen LogP contribution in [0.4, 0.5) is 0 Å². The zero-order valence-corrected chi connectivity index (χ0v) is 16.7. The van der Waals surface area contributed by atoms with E-state index in [0.29, 0.717) is 12.1 Å². The normalized spacial score (nSPS) is 14.5. The van der Waals surface area contributed by atoms with Crippen LogP contribution in [0.3, 0.4) is 0 Å². The molecule has 0 saturated heterocycles. The number of carbonyl (C=O) groups excluding carboxylic acids is 2. The lowest BCUT2D eigenvalue weighted by atomic mass is 9.84. The number of hydrogen-bond acceptors (Lipinski definition) is 8. The monoisotopic (exact) mass is 482 g/mol. The van der Waals surface area contributed by atoms with E-state index < -0.39 is 83.9 Å². The molecule has 154 valence electrons. The van der Waals surface area contributed by atoms with Crippen LogP contribution < -0.4 is 0 Å². The van der Waals surface area contributed by atoms with Gasteiger partial charge in [-0.1, -0.05) is 11.6 Å². The van der Waals surface area contributed by atoms with E-state index in [1.165, 1.54) is 0 Å². The van der Waals surface area contributed by atoms with E-state index in [1.807, 2.05) is 0 Å². The van der Waals surface area contributed by atoms with E-state index in [4.69, 9.17) is 11.6 Å². The van der Waals surface area contributed by atoms with Crippen LogP contribution in [0.5, 0.6) is 0 Å². The molecule has 0 fully saturated rings. The molecule has 11 nitrogen and oxygen atoms in total. The number of halogens is 1. The van der Waals surface area contributed by atoms with E-state index >= 15 is 0 Å². The fourth-order valence-corrected chi connectivity index (χ4v) is 5.14. The van der Waals surface area contributed by atoms with Crippen LogP contribution >= 0.6 is 11.6 Å². The smallest absolute Gasteiger partial charge is 0.289 e. The first kappa shape index (κ1) is 21.5. The van der Waals surface area contributed by atoms with Crippen molar-refractivity contribution in [3.05, 3.63) is 51.5 Å². The number of fused-ring (bicyclic) bond motifs is 2. The molecule has 3 rings (SSSR count). The van der Waals surface area contributed by atoms with Crippen LogP contribution in [-0.2, 0) is 30.4 Å². The number of benzene rings is 2. The highest BCUT2D eigenvalue weighted by atomic mass is 35.5. The molecule has 0 amide bonds. The molecule has 2 aromatic carbocycles. The van der Waals surface area contributed by atoms with E-state index in [0.717, 1.165) is 6.07 Å². The van der Waals surface area contributed by atoms with Crippen molar-refractivity contribution in [1.29, 1.82) is 0 Å². The molecule has 2 aromatic rings. The molecule has 0 heterocycles. The largest absolute Gasteiger partial charge is 0.296 e.